The van der Waals surface area contributed by atoms with Gasteiger partial charge in [0.05, 0.1) is 16.8 Å². The molecule has 2 aromatic heterocycles. The number of fused-ring (bicyclic) bond motifs is 1. The van der Waals surface area contributed by atoms with Gasteiger partial charge in [0.2, 0.25) is 0 Å². The van der Waals surface area contributed by atoms with Crippen LogP contribution in [0.4, 0.5) is 5.82 Å². The third-order valence-corrected chi connectivity index (χ3v) is 7.85. The second-order valence-electron chi connectivity index (χ2n) is 10.1. The zero-order valence-corrected chi connectivity index (χ0v) is 21.9. The Labute approximate surface area is 222 Å². The molecule has 1 aliphatic heterocycles. The van der Waals surface area contributed by atoms with Gasteiger partial charge in [-0.15, -0.1) is 0 Å². The van der Waals surface area contributed by atoms with Crippen molar-refractivity contribution < 1.29 is 4.79 Å². The zero-order valence-electron chi connectivity index (χ0n) is 21.1. The number of hydrogen-bond acceptors (Lipinski definition) is 5. The molecule has 0 radical (unpaired) electrons. The van der Waals surface area contributed by atoms with Gasteiger partial charge in [-0.2, -0.15) is 5.10 Å². The summed E-state index contributed by atoms with van der Waals surface area (Å²) in [6.07, 6.45) is 5.95. The van der Waals surface area contributed by atoms with Crippen molar-refractivity contribution in [2.45, 2.75) is 44.9 Å². The molecule has 2 aliphatic rings. The molecule has 3 heterocycles. The predicted octanol–water partition coefficient (Wildman–Crippen LogP) is 5.79. The summed E-state index contributed by atoms with van der Waals surface area (Å²) >= 11 is 6.33. The molecule has 37 heavy (non-hydrogen) atoms. The highest BCUT2D eigenvalue weighted by molar-refractivity contribution is 6.30. The molecule has 190 valence electrons. The molecule has 0 N–H and O–H groups in total. The summed E-state index contributed by atoms with van der Waals surface area (Å²) in [5.41, 5.74) is 3.35. The number of halogens is 1. The molecule has 4 aromatic rings. The van der Waals surface area contributed by atoms with Gasteiger partial charge in [-0.1, -0.05) is 55.1 Å². The van der Waals surface area contributed by atoms with Crippen molar-refractivity contribution in [2.75, 3.05) is 31.1 Å². The zero-order chi connectivity index (χ0) is 25.4. The first-order valence-electron chi connectivity index (χ1n) is 13.2. The van der Waals surface area contributed by atoms with E-state index in [1.165, 1.54) is 19.3 Å². The van der Waals surface area contributed by atoms with Gasteiger partial charge in [-0.3, -0.25) is 4.79 Å². The Morgan fingerprint density at radius 1 is 0.919 bits per heavy atom. The smallest absolute Gasteiger partial charge is 0.253 e. The summed E-state index contributed by atoms with van der Waals surface area (Å²) in [6, 6.07) is 17.3. The van der Waals surface area contributed by atoms with Crippen molar-refractivity contribution in [1.29, 1.82) is 0 Å². The van der Waals surface area contributed by atoms with E-state index in [-0.39, 0.29) is 5.91 Å². The maximum atomic E-state index is 13.0. The van der Waals surface area contributed by atoms with E-state index < -0.39 is 0 Å². The van der Waals surface area contributed by atoms with E-state index in [9.17, 15) is 4.79 Å². The molecule has 8 heteroatoms. The Morgan fingerprint density at radius 3 is 2.41 bits per heavy atom. The first-order chi connectivity index (χ1) is 18.1. The number of aromatic nitrogens is 4. The fourth-order valence-electron chi connectivity index (χ4n) is 5.62. The Morgan fingerprint density at radius 2 is 1.68 bits per heavy atom. The van der Waals surface area contributed by atoms with Crippen LogP contribution in [0.1, 0.15) is 59.9 Å². The lowest BCUT2D eigenvalue weighted by molar-refractivity contribution is 0.0746. The second kappa shape index (κ2) is 10.1. The lowest BCUT2D eigenvalue weighted by atomic mass is 9.88. The average Bonchev–Trinajstić information content (AvgIpc) is 3.29. The average molecular weight is 515 g/mol. The van der Waals surface area contributed by atoms with Crippen LogP contribution in [-0.4, -0.2) is 56.7 Å². The van der Waals surface area contributed by atoms with Crippen molar-refractivity contribution in [2.24, 2.45) is 0 Å². The van der Waals surface area contributed by atoms with E-state index in [0.29, 0.717) is 24.0 Å². The minimum Gasteiger partial charge on any atom is -0.352 e. The van der Waals surface area contributed by atoms with Crippen molar-refractivity contribution in [3.05, 3.63) is 76.7 Å². The number of rotatable bonds is 4. The predicted molar refractivity (Wildman–Crippen MR) is 147 cm³/mol. The van der Waals surface area contributed by atoms with Crippen LogP contribution in [0.25, 0.3) is 16.7 Å². The van der Waals surface area contributed by atoms with Crippen LogP contribution < -0.4 is 4.90 Å². The van der Waals surface area contributed by atoms with Crippen LogP contribution in [-0.2, 0) is 0 Å². The quantitative estimate of drug-likeness (QED) is 0.345. The molecule has 1 aliphatic carbocycles. The second-order valence-corrected chi connectivity index (χ2v) is 10.5. The molecular weight excluding hydrogens is 484 g/mol. The molecule has 0 spiro atoms. The van der Waals surface area contributed by atoms with Crippen LogP contribution in [0.2, 0.25) is 5.02 Å². The monoisotopic (exact) mass is 514 g/mol. The number of piperazine rings is 1. The number of anilines is 1. The van der Waals surface area contributed by atoms with E-state index in [1.54, 1.807) is 0 Å². The van der Waals surface area contributed by atoms with Gasteiger partial charge >= 0.3 is 0 Å². The van der Waals surface area contributed by atoms with Crippen molar-refractivity contribution in [1.82, 2.24) is 24.6 Å². The third kappa shape index (κ3) is 4.68. The first-order valence-corrected chi connectivity index (χ1v) is 13.6. The van der Waals surface area contributed by atoms with Crippen LogP contribution in [0.3, 0.4) is 0 Å². The maximum Gasteiger partial charge on any atom is 0.253 e. The largest absolute Gasteiger partial charge is 0.352 e. The number of hydrogen-bond donors (Lipinski definition) is 0. The molecule has 7 nitrogen and oxygen atoms in total. The molecule has 0 atom stereocenters. The summed E-state index contributed by atoms with van der Waals surface area (Å²) in [6.45, 7) is 4.76. The number of carbonyl (C=O) groups excluding carboxylic acids is 1. The van der Waals surface area contributed by atoms with Gasteiger partial charge in [0.1, 0.15) is 11.6 Å². The summed E-state index contributed by atoms with van der Waals surface area (Å²) < 4.78 is 1.91. The van der Waals surface area contributed by atoms with Crippen LogP contribution in [0.15, 0.2) is 54.6 Å². The number of benzene rings is 2. The van der Waals surface area contributed by atoms with Crippen LogP contribution in [0, 0.1) is 6.92 Å². The van der Waals surface area contributed by atoms with E-state index in [0.717, 1.165) is 65.6 Å². The molecule has 0 bridgehead atoms. The minimum atomic E-state index is 0.0842. The molecule has 1 saturated heterocycles. The topological polar surface area (TPSA) is 67.2 Å². The highest BCUT2D eigenvalue weighted by Gasteiger charge is 2.28. The standard InChI is InChI=1S/C29H31ClN6O/c1-20-25-27(34-15-17-35(18-16-34)29(37)22-11-6-3-7-12-22)31-26(21-9-4-2-5-10-21)32-28(25)36(33-20)24-14-8-13-23(30)19-24/h3,6-8,11-14,19,21H,2,4-5,9-10,15-18H2,1H3. The van der Waals surface area contributed by atoms with Crippen LogP contribution >= 0.6 is 11.6 Å². The Bertz CT molecular complexity index is 1420. The van der Waals surface area contributed by atoms with Crippen molar-refractivity contribution in [3.63, 3.8) is 0 Å². The van der Waals surface area contributed by atoms with E-state index in [2.05, 4.69) is 4.90 Å². The lowest BCUT2D eigenvalue weighted by Crippen LogP contribution is -2.49. The van der Waals surface area contributed by atoms with Gasteiger partial charge in [0.15, 0.2) is 5.65 Å². The highest BCUT2D eigenvalue weighted by atomic mass is 35.5. The van der Waals surface area contributed by atoms with Gasteiger partial charge in [-0.25, -0.2) is 14.6 Å². The summed E-state index contributed by atoms with van der Waals surface area (Å²) in [5, 5.41) is 6.53. The molecule has 6 rings (SSSR count). The van der Waals surface area contributed by atoms with Gasteiger partial charge in [0, 0.05) is 42.7 Å². The van der Waals surface area contributed by atoms with Crippen molar-refractivity contribution in [3.8, 4) is 5.69 Å². The van der Waals surface area contributed by atoms with E-state index in [4.69, 9.17) is 26.7 Å². The van der Waals surface area contributed by atoms with Gasteiger partial charge in [-0.05, 0) is 50.1 Å². The summed E-state index contributed by atoms with van der Waals surface area (Å²) in [7, 11) is 0. The molecule has 1 amide bonds. The van der Waals surface area contributed by atoms with E-state index in [1.807, 2.05) is 71.1 Å². The summed E-state index contributed by atoms with van der Waals surface area (Å²) in [5.74, 6) is 2.29. The fourth-order valence-corrected chi connectivity index (χ4v) is 5.81. The molecular formula is C29H31ClN6O. The normalized spacial score (nSPS) is 16.9. The molecule has 2 aromatic carbocycles. The number of amides is 1. The lowest BCUT2D eigenvalue weighted by Gasteiger charge is -2.36. The maximum absolute atomic E-state index is 13.0. The third-order valence-electron chi connectivity index (χ3n) is 7.61. The molecule has 2 fully saturated rings. The highest BCUT2D eigenvalue weighted by Crippen LogP contribution is 2.36. The molecule has 1 saturated carbocycles. The van der Waals surface area contributed by atoms with Crippen LogP contribution in [0.5, 0.6) is 0 Å². The first kappa shape index (κ1) is 23.9. The summed E-state index contributed by atoms with van der Waals surface area (Å²) in [4.78, 5) is 27.6. The molecule has 0 unspecified atom stereocenters. The van der Waals surface area contributed by atoms with E-state index >= 15 is 0 Å². The number of aryl methyl sites for hydroxylation is 1. The number of nitrogens with zero attached hydrogens (tertiary/aromatic N) is 6. The van der Waals surface area contributed by atoms with Gasteiger partial charge in [0.25, 0.3) is 5.91 Å². The van der Waals surface area contributed by atoms with Crippen molar-refractivity contribution >= 4 is 34.4 Å². The Balaban J connectivity index is 1.37. The SMILES string of the molecule is Cc1nn(-c2cccc(Cl)c2)c2nc(C3CCCCC3)nc(N3CCN(C(=O)c4ccccc4)CC3)c12. The number of carbonyl (C=O) groups is 1. The minimum absolute atomic E-state index is 0.0842. The fraction of sp³-hybridized carbons (Fsp3) is 0.379. The van der Waals surface area contributed by atoms with Gasteiger partial charge < -0.3 is 9.80 Å². The Hall–Kier alpha value is -3.45. The Kier molecular flexibility index (Phi) is 6.55.